The third-order valence-corrected chi connectivity index (χ3v) is 2.91. The first-order valence-electron chi connectivity index (χ1n) is 5.97. The van der Waals surface area contributed by atoms with Crippen molar-refractivity contribution in [1.82, 2.24) is 20.1 Å². The van der Waals surface area contributed by atoms with E-state index in [1.807, 2.05) is 13.8 Å². The number of aromatic nitrogens is 3. The first-order chi connectivity index (χ1) is 8.25. The van der Waals surface area contributed by atoms with E-state index in [9.17, 15) is 0 Å². The minimum Gasteiger partial charge on any atom is -0.379 e. The summed E-state index contributed by atoms with van der Waals surface area (Å²) in [5.74, 6) is 0.612. The van der Waals surface area contributed by atoms with Gasteiger partial charge in [0.15, 0.2) is 0 Å². The van der Waals surface area contributed by atoms with Gasteiger partial charge in [-0.1, -0.05) is 0 Å². The van der Waals surface area contributed by atoms with Gasteiger partial charge in [-0.2, -0.15) is 5.10 Å². The summed E-state index contributed by atoms with van der Waals surface area (Å²) in [5.41, 5.74) is 1.80. The highest BCUT2D eigenvalue weighted by molar-refractivity contribution is 5.24. The Morgan fingerprint density at radius 2 is 1.94 bits per heavy atom. The second-order valence-corrected chi connectivity index (χ2v) is 4.19. The highest BCUT2D eigenvalue weighted by atomic mass is 16.5. The van der Waals surface area contributed by atoms with Crippen molar-refractivity contribution in [2.75, 3.05) is 44.7 Å². The number of ether oxygens (including phenoxy) is 1. The fourth-order valence-electron chi connectivity index (χ4n) is 1.68. The van der Waals surface area contributed by atoms with Crippen LogP contribution in [0.25, 0.3) is 0 Å². The SMILES string of the molecule is Cc1nnc(NCCN2CCOCC2)nc1C. The number of nitrogens with zero attached hydrogens (tertiary/aromatic N) is 4. The molecule has 1 aliphatic rings. The normalized spacial score (nSPS) is 17.1. The van der Waals surface area contributed by atoms with Crippen LogP contribution in [0.3, 0.4) is 0 Å². The van der Waals surface area contributed by atoms with E-state index >= 15 is 0 Å². The number of anilines is 1. The summed E-state index contributed by atoms with van der Waals surface area (Å²) in [7, 11) is 0. The summed E-state index contributed by atoms with van der Waals surface area (Å²) >= 11 is 0. The lowest BCUT2D eigenvalue weighted by atomic mass is 10.4. The van der Waals surface area contributed by atoms with Crippen LogP contribution < -0.4 is 5.32 Å². The van der Waals surface area contributed by atoms with Crippen molar-refractivity contribution in [2.45, 2.75) is 13.8 Å². The smallest absolute Gasteiger partial charge is 0.243 e. The molecule has 0 atom stereocenters. The summed E-state index contributed by atoms with van der Waals surface area (Å²) in [6.45, 7) is 9.36. The van der Waals surface area contributed by atoms with E-state index in [0.717, 1.165) is 50.8 Å². The van der Waals surface area contributed by atoms with Gasteiger partial charge >= 0.3 is 0 Å². The van der Waals surface area contributed by atoms with Crippen LogP contribution in [-0.2, 0) is 4.74 Å². The molecule has 1 aliphatic heterocycles. The summed E-state index contributed by atoms with van der Waals surface area (Å²) < 4.78 is 5.30. The highest BCUT2D eigenvalue weighted by Gasteiger charge is 2.09. The van der Waals surface area contributed by atoms with Crippen LogP contribution in [0.15, 0.2) is 0 Å². The van der Waals surface area contributed by atoms with E-state index in [4.69, 9.17) is 4.74 Å². The minimum absolute atomic E-state index is 0.612. The van der Waals surface area contributed by atoms with Crippen LogP contribution in [0.2, 0.25) is 0 Å². The van der Waals surface area contributed by atoms with Crippen molar-refractivity contribution in [3.63, 3.8) is 0 Å². The highest BCUT2D eigenvalue weighted by Crippen LogP contribution is 2.02. The van der Waals surface area contributed by atoms with E-state index in [1.165, 1.54) is 0 Å². The topological polar surface area (TPSA) is 63.2 Å². The molecule has 6 heteroatoms. The molecule has 94 valence electrons. The van der Waals surface area contributed by atoms with Gasteiger partial charge in [-0.05, 0) is 13.8 Å². The predicted octanol–water partition coefficient (Wildman–Crippen LogP) is 0.233. The monoisotopic (exact) mass is 237 g/mol. The third-order valence-electron chi connectivity index (χ3n) is 2.91. The van der Waals surface area contributed by atoms with Crippen LogP contribution in [-0.4, -0.2) is 59.5 Å². The Kier molecular flexibility index (Phi) is 4.22. The average Bonchev–Trinajstić information content (AvgIpc) is 2.35. The molecule has 0 saturated carbocycles. The molecule has 6 nitrogen and oxygen atoms in total. The lowest BCUT2D eigenvalue weighted by Gasteiger charge is -2.26. The van der Waals surface area contributed by atoms with Gasteiger partial charge in [0.05, 0.1) is 24.6 Å². The average molecular weight is 237 g/mol. The molecule has 0 aliphatic carbocycles. The Labute approximate surface area is 101 Å². The van der Waals surface area contributed by atoms with E-state index in [-0.39, 0.29) is 0 Å². The first-order valence-corrected chi connectivity index (χ1v) is 5.97. The number of nitrogens with one attached hydrogen (secondary N) is 1. The van der Waals surface area contributed by atoms with Gasteiger partial charge in [-0.25, -0.2) is 4.98 Å². The molecule has 0 amide bonds. The molecular formula is C11H19N5O. The maximum atomic E-state index is 5.30. The van der Waals surface area contributed by atoms with E-state index in [1.54, 1.807) is 0 Å². The van der Waals surface area contributed by atoms with E-state index < -0.39 is 0 Å². The summed E-state index contributed by atoms with van der Waals surface area (Å²) in [6, 6.07) is 0. The molecule has 0 unspecified atom stereocenters. The van der Waals surface area contributed by atoms with Crippen molar-refractivity contribution in [3.8, 4) is 0 Å². The van der Waals surface area contributed by atoms with Crippen LogP contribution >= 0.6 is 0 Å². The molecular weight excluding hydrogens is 218 g/mol. The Morgan fingerprint density at radius 1 is 1.18 bits per heavy atom. The van der Waals surface area contributed by atoms with Crippen LogP contribution in [0.1, 0.15) is 11.4 Å². The molecule has 2 heterocycles. The zero-order valence-electron chi connectivity index (χ0n) is 10.4. The Hall–Kier alpha value is -1.27. The van der Waals surface area contributed by atoms with Crippen molar-refractivity contribution >= 4 is 5.95 Å². The number of rotatable bonds is 4. The second-order valence-electron chi connectivity index (χ2n) is 4.19. The zero-order valence-corrected chi connectivity index (χ0v) is 10.4. The maximum Gasteiger partial charge on any atom is 0.243 e. The minimum atomic E-state index is 0.612. The number of hydrogen-bond donors (Lipinski definition) is 1. The summed E-state index contributed by atoms with van der Waals surface area (Å²) in [4.78, 5) is 6.69. The predicted molar refractivity (Wildman–Crippen MR) is 65.0 cm³/mol. The summed E-state index contributed by atoms with van der Waals surface area (Å²) in [6.07, 6.45) is 0. The number of morpholine rings is 1. The van der Waals surface area contributed by atoms with Gasteiger partial charge in [-0.15, -0.1) is 5.10 Å². The Morgan fingerprint density at radius 3 is 2.65 bits per heavy atom. The number of hydrogen-bond acceptors (Lipinski definition) is 6. The first kappa shape index (κ1) is 12.2. The van der Waals surface area contributed by atoms with Crippen molar-refractivity contribution < 1.29 is 4.74 Å². The molecule has 1 aromatic rings. The number of aryl methyl sites for hydroxylation is 2. The second kappa shape index (κ2) is 5.88. The standard InChI is InChI=1S/C11H19N5O/c1-9-10(2)14-15-11(13-9)12-3-4-16-5-7-17-8-6-16/h3-8H2,1-2H3,(H,12,13,15). The van der Waals surface area contributed by atoms with Gasteiger partial charge in [-0.3, -0.25) is 4.90 Å². The molecule has 1 aromatic heterocycles. The molecule has 0 radical (unpaired) electrons. The summed E-state index contributed by atoms with van der Waals surface area (Å²) in [5, 5.41) is 11.2. The van der Waals surface area contributed by atoms with E-state index in [2.05, 4.69) is 25.4 Å². The van der Waals surface area contributed by atoms with Gasteiger partial charge in [0.1, 0.15) is 0 Å². The largest absolute Gasteiger partial charge is 0.379 e. The molecule has 1 N–H and O–H groups in total. The quantitative estimate of drug-likeness (QED) is 0.809. The Balaban J connectivity index is 1.75. The molecule has 0 spiro atoms. The van der Waals surface area contributed by atoms with Crippen molar-refractivity contribution in [1.29, 1.82) is 0 Å². The molecule has 0 aromatic carbocycles. The zero-order chi connectivity index (χ0) is 12.1. The van der Waals surface area contributed by atoms with Crippen molar-refractivity contribution in [3.05, 3.63) is 11.4 Å². The van der Waals surface area contributed by atoms with Crippen molar-refractivity contribution in [2.24, 2.45) is 0 Å². The lowest BCUT2D eigenvalue weighted by molar-refractivity contribution is 0.0398. The fraction of sp³-hybridized carbons (Fsp3) is 0.727. The molecule has 17 heavy (non-hydrogen) atoms. The van der Waals surface area contributed by atoms with E-state index in [0.29, 0.717) is 5.95 Å². The fourth-order valence-corrected chi connectivity index (χ4v) is 1.68. The third kappa shape index (κ3) is 3.61. The molecule has 0 bridgehead atoms. The van der Waals surface area contributed by atoms with Gasteiger partial charge in [0, 0.05) is 26.2 Å². The molecule has 2 rings (SSSR count). The van der Waals surface area contributed by atoms with Crippen LogP contribution in [0, 0.1) is 13.8 Å². The van der Waals surface area contributed by atoms with Crippen LogP contribution in [0.5, 0.6) is 0 Å². The van der Waals surface area contributed by atoms with Gasteiger partial charge in [0.25, 0.3) is 0 Å². The lowest BCUT2D eigenvalue weighted by Crippen LogP contribution is -2.39. The van der Waals surface area contributed by atoms with Crippen LogP contribution in [0.4, 0.5) is 5.95 Å². The van der Waals surface area contributed by atoms with Gasteiger partial charge in [0.2, 0.25) is 5.95 Å². The van der Waals surface area contributed by atoms with Gasteiger partial charge < -0.3 is 10.1 Å². The maximum absolute atomic E-state index is 5.30. The Bertz CT molecular complexity index is 365. The molecule has 1 fully saturated rings. The molecule has 1 saturated heterocycles.